The average molecular weight is 309 g/mol. The van der Waals surface area contributed by atoms with Crippen LogP contribution >= 0.6 is 23.6 Å². The van der Waals surface area contributed by atoms with Gasteiger partial charge in [-0.05, 0) is 49.3 Å². The third kappa shape index (κ3) is 2.87. The molecule has 0 aromatic carbocycles. The molecule has 2 atom stereocenters. The van der Waals surface area contributed by atoms with Crippen LogP contribution in [-0.4, -0.2) is 27.4 Å². The monoisotopic (exact) mass is 309 g/mol. The molecule has 2 aromatic rings. The summed E-state index contributed by atoms with van der Waals surface area (Å²) in [6, 6.07) is 4.88. The van der Waals surface area contributed by atoms with Gasteiger partial charge < -0.3 is 4.90 Å². The van der Waals surface area contributed by atoms with Crippen LogP contribution in [0.5, 0.6) is 0 Å². The molecule has 2 N–H and O–H groups in total. The quantitative estimate of drug-likeness (QED) is 0.852. The highest BCUT2D eigenvalue weighted by Gasteiger charge is 2.25. The van der Waals surface area contributed by atoms with E-state index in [-0.39, 0.29) is 0 Å². The van der Waals surface area contributed by atoms with E-state index in [9.17, 15) is 0 Å². The highest BCUT2D eigenvalue weighted by molar-refractivity contribution is 7.71. The van der Waals surface area contributed by atoms with Gasteiger partial charge in [-0.25, -0.2) is 4.68 Å². The Morgan fingerprint density at radius 3 is 3.20 bits per heavy atom. The third-order valence-electron chi connectivity index (χ3n) is 4.17. The van der Waals surface area contributed by atoms with E-state index in [0.29, 0.717) is 4.77 Å². The fraction of sp³-hybridized carbons (Fsp3) is 0.571. The minimum atomic E-state index is 0.668. The fourth-order valence-electron chi connectivity index (χ4n) is 3.04. The lowest BCUT2D eigenvalue weighted by molar-refractivity contribution is -0.953. The number of H-pyrrole nitrogens is 1. The van der Waals surface area contributed by atoms with Gasteiger partial charge >= 0.3 is 0 Å². The fourth-order valence-corrected chi connectivity index (χ4v) is 3.91. The lowest BCUT2D eigenvalue weighted by Gasteiger charge is -2.31. The molecular formula is C14H21N4S2+. The van der Waals surface area contributed by atoms with E-state index in [0.717, 1.165) is 23.4 Å². The van der Waals surface area contributed by atoms with Crippen LogP contribution in [0.15, 0.2) is 17.5 Å². The van der Waals surface area contributed by atoms with Crippen molar-refractivity contribution in [2.45, 2.75) is 45.3 Å². The molecule has 1 fully saturated rings. The zero-order valence-corrected chi connectivity index (χ0v) is 13.4. The second kappa shape index (κ2) is 6.20. The Morgan fingerprint density at radius 2 is 2.45 bits per heavy atom. The van der Waals surface area contributed by atoms with Crippen molar-refractivity contribution >= 4 is 23.6 Å². The first kappa shape index (κ1) is 14.0. The maximum absolute atomic E-state index is 5.40. The van der Waals surface area contributed by atoms with Gasteiger partial charge in [-0.2, -0.15) is 4.98 Å². The molecule has 1 unspecified atom stereocenters. The summed E-state index contributed by atoms with van der Waals surface area (Å²) in [6.07, 6.45) is 5.28. The number of likely N-dealkylation sites (tertiary alicyclic amines) is 1. The molecule has 20 heavy (non-hydrogen) atoms. The van der Waals surface area contributed by atoms with Crippen LogP contribution in [0.4, 0.5) is 0 Å². The van der Waals surface area contributed by atoms with E-state index in [1.54, 1.807) is 16.2 Å². The summed E-state index contributed by atoms with van der Waals surface area (Å²) in [4.78, 5) is 7.27. The van der Waals surface area contributed by atoms with E-state index in [4.69, 9.17) is 12.2 Å². The molecule has 3 heterocycles. The number of quaternary nitrogens is 1. The van der Waals surface area contributed by atoms with E-state index in [2.05, 4.69) is 28.5 Å². The molecule has 3 rings (SSSR count). The lowest BCUT2D eigenvalue weighted by Crippen LogP contribution is -3.15. The number of nitrogens with one attached hydrogen (secondary N) is 2. The zero-order valence-electron chi connectivity index (χ0n) is 11.8. The summed E-state index contributed by atoms with van der Waals surface area (Å²) in [5.74, 6) is 0.898. The molecule has 0 aliphatic carbocycles. The van der Waals surface area contributed by atoms with Gasteiger partial charge in [0.15, 0.2) is 12.5 Å². The smallest absolute Gasteiger partial charge is 0.221 e. The number of nitrogens with zero attached hydrogens (tertiary/aromatic N) is 2. The molecule has 4 nitrogen and oxygen atoms in total. The second-order valence-electron chi connectivity index (χ2n) is 5.43. The van der Waals surface area contributed by atoms with Crippen molar-refractivity contribution in [3.8, 4) is 10.7 Å². The topological polar surface area (TPSA) is 38.0 Å². The number of rotatable bonds is 4. The molecule has 2 aromatic heterocycles. The minimum absolute atomic E-state index is 0.668. The maximum Gasteiger partial charge on any atom is 0.221 e. The van der Waals surface area contributed by atoms with Gasteiger partial charge in [0.2, 0.25) is 4.77 Å². The van der Waals surface area contributed by atoms with Gasteiger partial charge in [-0.15, -0.1) is 11.3 Å². The largest absolute Gasteiger partial charge is 0.314 e. The SMILES string of the molecule is CC[C@H]1CCCC[NH+]1Cn1[nH]c(-c2cccs2)nc1=S. The standard InChI is InChI=1S/C14H20N4S2/c1-2-11-6-3-4-8-17(11)10-18-14(19)15-13(16-18)12-7-5-9-20-12/h5,7,9,11H,2-4,6,8,10H2,1H3,(H,15,16,19)/p+1/t11-/m0/s1. The highest BCUT2D eigenvalue weighted by atomic mass is 32.1. The molecule has 1 aliphatic heterocycles. The molecule has 0 spiro atoms. The Morgan fingerprint density at radius 1 is 1.55 bits per heavy atom. The van der Waals surface area contributed by atoms with Gasteiger partial charge in [-0.1, -0.05) is 13.0 Å². The average Bonchev–Trinajstić information content (AvgIpc) is 3.10. The van der Waals surface area contributed by atoms with Crippen molar-refractivity contribution in [1.29, 1.82) is 0 Å². The number of aromatic nitrogens is 3. The van der Waals surface area contributed by atoms with Gasteiger partial charge in [0.25, 0.3) is 0 Å². The Balaban J connectivity index is 1.79. The number of thiophene rings is 1. The van der Waals surface area contributed by atoms with Crippen molar-refractivity contribution in [2.24, 2.45) is 0 Å². The van der Waals surface area contributed by atoms with Crippen LogP contribution in [0.2, 0.25) is 0 Å². The Labute approximate surface area is 128 Å². The van der Waals surface area contributed by atoms with Crippen molar-refractivity contribution in [2.75, 3.05) is 6.54 Å². The lowest BCUT2D eigenvalue weighted by atomic mass is 10.0. The molecule has 6 heteroatoms. The minimum Gasteiger partial charge on any atom is -0.314 e. The van der Waals surface area contributed by atoms with Crippen LogP contribution in [0.25, 0.3) is 10.7 Å². The molecule has 0 radical (unpaired) electrons. The number of aromatic amines is 1. The molecule has 108 valence electrons. The van der Waals surface area contributed by atoms with Crippen LogP contribution in [0.3, 0.4) is 0 Å². The van der Waals surface area contributed by atoms with Crippen molar-refractivity contribution in [3.05, 3.63) is 22.3 Å². The first-order valence-corrected chi connectivity index (χ1v) is 8.62. The molecule has 0 amide bonds. The first-order valence-electron chi connectivity index (χ1n) is 7.33. The van der Waals surface area contributed by atoms with Crippen LogP contribution in [0.1, 0.15) is 32.6 Å². The summed E-state index contributed by atoms with van der Waals surface area (Å²) in [5, 5.41) is 5.43. The molecule has 1 aliphatic rings. The molecule has 0 saturated carbocycles. The molecule has 0 bridgehead atoms. The number of hydrogen-bond donors (Lipinski definition) is 2. The van der Waals surface area contributed by atoms with Crippen LogP contribution < -0.4 is 4.90 Å². The second-order valence-corrected chi connectivity index (χ2v) is 6.74. The van der Waals surface area contributed by atoms with Crippen molar-refractivity contribution < 1.29 is 4.90 Å². The van der Waals surface area contributed by atoms with E-state index >= 15 is 0 Å². The van der Waals surface area contributed by atoms with Gasteiger partial charge in [0.05, 0.1) is 17.5 Å². The molecule has 1 saturated heterocycles. The summed E-state index contributed by atoms with van der Waals surface area (Å²) in [6.45, 7) is 4.45. The third-order valence-corrected chi connectivity index (χ3v) is 5.35. The maximum atomic E-state index is 5.40. The van der Waals surface area contributed by atoms with Crippen LogP contribution in [0, 0.1) is 4.77 Å². The van der Waals surface area contributed by atoms with E-state index < -0.39 is 0 Å². The highest BCUT2D eigenvalue weighted by Crippen LogP contribution is 2.20. The van der Waals surface area contributed by atoms with E-state index in [1.807, 2.05) is 10.7 Å². The van der Waals surface area contributed by atoms with E-state index in [1.165, 1.54) is 32.2 Å². The predicted molar refractivity (Wildman–Crippen MR) is 84.5 cm³/mol. The zero-order chi connectivity index (χ0) is 13.9. The van der Waals surface area contributed by atoms with Crippen molar-refractivity contribution in [3.63, 3.8) is 0 Å². The van der Waals surface area contributed by atoms with Gasteiger partial charge in [-0.3, -0.25) is 5.10 Å². The first-order chi connectivity index (χ1) is 9.78. The molecular weight excluding hydrogens is 288 g/mol. The Kier molecular flexibility index (Phi) is 4.33. The summed E-state index contributed by atoms with van der Waals surface area (Å²) >= 11 is 7.09. The number of hydrogen-bond acceptors (Lipinski definition) is 3. The normalized spacial score (nSPS) is 23.1. The van der Waals surface area contributed by atoms with Crippen molar-refractivity contribution in [1.82, 2.24) is 14.8 Å². The summed E-state index contributed by atoms with van der Waals surface area (Å²) in [7, 11) is 0. The van der Waals surface area contributed by atoms with Gasteiger partial charge in [0, 0.05) is 0 Å². The Bertz CT molecular complexity index is 599. The number of piperidine rings is 1. The summed E-state index contributed by atoms with van der Waals surface area (Å²) in [5.41, 5.74) is 0. The summed E-state index contributed by atoms with van der Waals surface area (Å²) < 4.78 is 2.70. The predicted octanol–water partition coefficient (Wildman–Crippen LogP) is 2.47. The van der Waals surface area contributed by atoms with Crippen LogP contribution in [-0.2, 0) is 6.67 Å². The Hall–Kier alpha value is -0.980. The van der Waals surface area contributed by atoms with Gasteiger partial charge in [0.1, 0.15) is 0 Å².